The number of amides is 1. The SMILES string of the molecule is Cc1cc([C@H]2CC[C@H]([C@@H](C)NC(=O)c3ccc(Cl)cc3)CC2)ccn1. The number of nitrogens with zero attached hydrogens (tertiary/aromatic N) is 1. The fraction of sp³-hybridized carbons (Fsp3) is 0.429. The minimum Gasteiger partial charge on any atom is -0.349 e. The van der Waals surface area contributed by atoms with E-state index in [9.17, 15) is 4.79 Å². The quantitative estimate of drug-likeness (QED) is 0.824. The molecule has 4 heteroatoms. The number of carbonyl (C=O) groups is 1. The van der Waals surface area contributed by atoms with Crippen molar-refractivity contribution in [3.63, 3.8) is 0 Å². The molecule has 1 aromatic heterocycles. The van der Waals surface area contributed by atoms with Gasteiger partial charge < -0.3 is 5.32 Å². The highest BCUT2D eigenvalue weighted by Crippen LogP contribution is 2.37. The van der Waals surface area contributed by atoms with Crippen molar-refractivity contribution in [1.29, 1.82) is 0 Å². The first-order chi connectivity index (χ1) is 12.0. The van der Waals surface area contributed by atoms with Crippen molar-refractivity contribution in [1.82, 2.24) is 10.3 Å². The molecule has 1 N–H and O–H groups in total. The van der Waals surface area contributed by atoms with E-state index in [0.717, 1.165) is 18.5 Å². The summed E-state index contributed by atoms with van der Waals surface area (Å²) in [6, 6.07) is 11.6. The van der Waals surface area contributed by atoms with Crippen LogP contribution in [0.1, 0.15) is 60.1 Å². The monoisotopic (exact) mass is 356 g/mol. The van der Waals surface area contributed by atoms with E-state index in [1.807, 2.05) is 13.1 Å². The Morgan fingerprint density at radius 3 is 2.48 bits per heavy atom. The lowest BCUT2D eigenvalue weighted by Gasteiger charge is -2.33. The Hall–Kier alpha value is -1.87. The van der Waals surface area contributed by atoms with E-state index in [4.69, 9.17) is 11.6 Å². The third-order valence-electron chi connectivity index (χ3n) is 5.34. The van der Waals surface area contributed by atoms with Crippen LogP contribution >= 0.6 is 11.6 Å². The van der Waals surface area contributed by atoms with Gasteiger partial charge in [-0.3, -0.25) is 9.78 Å². The van der Waals surface area contributed by atoms with Crippen molar-refractivity contribution in [2.24, 2.45) is 5.92 Å². The average molecular weight is 357 g/mol. The largest absolute Gasteiger partial charge is 0.349 e. The van der Waals surface area contributed by atoms with E-state index < -0.39 is 0 Å². The van der Waals surface area contributed by atoms with Gasteiger partial charge in [-0.25, -0.2) is 0 Å². The lowest BCUT2D eigenvalue weighted by molar-refractivity contribution is 0.0918. The second kappa shape index (κ2) is 8.01. The van der Waals surface area contributed by atoms with Crippen molar-refractivity contribution in [3.05, 3.63) is 64.4 Å². The van der Waals surface area contributed by atoms with Gasteiger partial charge in [-0.2, -0.15) is 0 Å². The van der Waals surface area contributed by atoms with Crippen LogP contribution in [0.15, 0.2) is 42.6 Å². The highest BCUT2D eigenvalue weighted by molar-refractivity contribution is 6.30. The second-order valence-electron chi connectivity index (χ2n) is 7.11. The molecule has 1 heterocycles. The normalized spacial score (nSPS) is 21.6. The number of aromatic nitrogens is 1. The van der Waals surface area contributed by atoms with Crippen LogP contribution in [-0.2, 0) is 0 Å². The number of halogens is 1. The Kier molecular flexibility index (Phi) is 5.74. The van der Waals surface area contributed by atoms with Crippen molar-refractivity contribution in [2.45, 2.75) is 51.5 Å². The van der Waals surface area contributed by atoms with Gasteiger partial charge in [-0.05, 0) is 93.3 Å². The molecule has 25 heavy (non-hydrogen) atoms. The van der Waals surface area contributed by atoms with Gasteiger partial charge >= 0.3 is 0 Å². The molecule has 0 bridgehead atoms. The number of carbonyl (C=O) groups excluding carboxylic acids is 1. The molecule has 132 valence electrons. The van der Waals surface area contributed by atoms with Gasteiger partial charge in [0.25, 0.3) is 5.91 Å². The lowest BCUT2D eigenvalue weighted by Crippen LogP contribution is -2.39. The van der Waals surface area contributed by atoms with Crippen LogP contribution < -0.4 is 5.32 Å². The summed E-state index contributed by atoms with van der Waals surface area (Å²) >= 11 is 5.88. The van der Waals surface area contributed by atoms with Gasteiger partial charge in [0, 0.05) is 28.5 Å². The van der Waals surface area contributed by atoms with Crippen molar-refractivity contribution < 1.29 is 4.79 Å². The minimum atomic E-state index is -0.0175. The van der Waals surface area contributed by atoms with Gasteiger partial charge in [0.2, 0.25) is 0 Å². The molecular weight excluding hydrogens is 332 g/mol. The van der Waals surface area contributed by atoms with Crippen molar-refractivity contribution in [3.8, 4) is 0 Å². The Bertz CT molecular complexity index is 721. The fourth-order valence-corrected chi connectivity index (χ4v) is 3.91. The standard InChI is InChI=1S/C21H25ClN2O/c1-14-13-19(11-12-23-14)17-5-3-16(4-6-17)15(2)24-21(25)18-7-9-20(22)10-8-18/h7-13,15-17H,3-6H2,1-2H3,(H,24,25)/t15-,16-,17-/m1/s1. The Balaban J connectivity index is 1.53. The van der Waals surface area contributed by atoms with E-state index in [2.05, 4.69) is 29.4 Å². The number of pyridine rings is 1. The van der Waals surface area contributed by atoms with Gasteiger partial charge in [0.15, 0.2) is 0 Å². The third-order valence-corrected chi connectivity index (χ3v) is 5.59. The summed E-state index contributed by atoms with van der Waals surface area (Å²) in [6.07, 6.45) is 6.55. The zero-order valence-electron chi connectivity index (χ0n) is 14.8. The summed E-state index contributed by atoms with van der Waals surface area (Å²) in [7, 11) is 0. The summed E-state index contributed by atoms with van der Waals surface area (Å²) in [4.78, 5) is 16.7. The molecule has 0 spiro atoms. The first-order valence-corrected chi connectivity index (χ1v) is 9.39. The highest BCUT2D eigenvalue weighted by Gasteiger charge is 2.27. The maximum absolute atomic E-state index is 12.4. The van der Waals surface area contributed by atoms with E-state index in [1.165, 1.54) is 18.4 Å². The zero-order valence-corrected chi connectivity index (χ0v) is 15.6. The van der Waals surface area contributed by atoms with E-state index >= 15 is 0 Å². The fourth-order valence-electron chi connectivity index (χ4n) is 3.78. The summed E-state index contributed by atoms with van der Waals surface area (Å²) in [5.41, 5.74) is 3.16. The van der Waals surface area contributed by atoms with E-state index in [-0.39, 0.29) is 11.9 Å². The number of hydrogen-bond donors (Lipinski definition) is 1. The molecule has 0 unspecified atom stereocenters. The maximum Gasteiger partial charge on any atom is 0.251 e. The first-order valence-electron chi connectivity index (χ1n) is 9.02. The molecule has 1 saturated carbocycles. The molecule has 1 aromatic carbocycles. The van der Waals surface area contributed by atoms with Crippen molar-refractivity contribution >= 4 is 17.5 Å². The predicted octanol–water partition coefficient (Wildman–Crippen LogP) is 5.14. The number of aryl methyl sites for hydroxylation is 1. The van der Waals surface area contributed by atoms with Gasteiger partial charge in [-0.1, -0.05) is 11.6 Å². The lowest BCUT2D eigenvalue weighted by atomic mass is 9.76. The Labute approximate surface area is 154 Å². The average Bonchev–Trinajstić information content (AvgIpc) is 2.62. The zero-order chi connectivity index (χ0) is 17.8. The minimum absolute atomic E-state index is 0.0175. The second-order valence-corrected chi connectivity index (χ2v) is 7.55. The third kappa shape index (κ3) is 4.60. The van der Waals surface area contributed by atoms with Crippen LogP contribution in [-0.4, -0.2) is 16.9 Å². The molecule has 1 aliphatic rings. The predicted molar refractivity (Wildman–Crippen MR) is 102 cm³/mol. The molecule has 0 aliphatic heterocycles. The molecular formula is C21H25ClN2O. The van der Waals surface area contributed by atoms with Crippen LogP contribution in [0.3, 0.4) is 0 Å². The van der Waals surface area contributed by atoms with Crippen LogP contribution in [0.5, 0.6) is 0 Å². The van der Waals surface area contributed by atoms with Crippen LogP contribution in [0.25, 0.3) is 0 Å². The molecule has 0 radical (unpaired) electrons. The highest BCUT2D eigenvalue weighted by atomic mass is 35.5. The van der Waals surface area contributed by atoms with Crippen LogP contribution in [0.2, 0.25) is 5.02 Å². The summed E-state index contributed by atoms with van der Waals surface area (Å²) in [6.45, 7) is 4.17. The number of nitrogens with one attached hydrogen (secondary N) is 1. The molecule has 3 rings (SSSR count). The summed E-state index contributed by atoms with van der Waals surface area (Å²) < 4.78 is 0. The molecule has 1 aliphatic carbocycles. The van der Waals surface area contributed by atoms with Crippen molar-refractivity contribution in [2.75, 3.05) is 0 Å². The number of hydrogen-bond acceptors (Lipinski definition) is 2. The Morgan fingerprint density at radius 1 is 1.16 bits per heavy atom. The number of benzene rings is 1. The molecule has 1 fully saturated rings. The van der Waals surface area contributed by atoms with Gasteiger partial charge in [0.05, 0.1) is 0 Å². The molecule has 3 nitrogen and oxygen atoms in total. The van der Waals surface area contributed by atoms with Gasteiger partial charge in [-0.15, -0.1) is 0 Å². The van der Waals surface area contributed by atoms with Crippen LogP contribution in [0.4, 0.5) is 0 Å². The Morgan fingerprint density at radius 2 is 1.84 bits per heavy atom. The maximum atomic E-state index is 12.4. The molecule has 1 amide bonds. The van der Waals surface area contributed by atoms with E-state index in [1.54, 1.807) is 24.3 Å². The topological polar surface area (TPSA) is 42.0 Å². The summed E-state index contributed by atoms with van der Waals surface area (Å²) in [5, 5.41) is 3.80. The molecule has 1 atom stereocenters. The van der Waals surface area contributed by atoms with E-state index in [0.29, 0.717) is 22.4 Å². The molecule has 2 aromatic rings. The summed E-state index contributed by atoms with van der Waals surface area (Å²) in [5.74, 6) is 1.14. The smallest absolute Gasteiger partial charge is 0.251 e. The van der Waals surface area contributed by atoms with Gasteiger partial charge in [0.1, 0.15) is 0 Å². The van der Waals surface area contributed by atoms with Crippen LogP contribution in [0, 0.1) is 12.8 Å². The molecule has 0 saturated heterocycles. The first kappa shape index (κ1) is 17.9. The number of rotatable bonds is 4.